The van der Waals surface area contributed by atoms with Gasteiger partial charge in [-0.25, -0.2) is 4.98 Å². The number of nitrogens with one attached hydrogen (secondary N) is 2. The highest BCUT2D eigenvalue weighted by Gasteiger charge is 2.25. The van der Waals surface area contributed by atoms with Crippen molar-refractivity contribution in [2.75, 3.05) is 5.75 Å². The molecule has 1 aromatic heterocycles. The molecule has 0 unspecified atom stereocenters. The Morgan fingerprint density at radius 2 is 1.58 bits per heavy atom. The van der Waals surface area contributed by atoms with Crippen LogP contribution >= 0.6 is 23.4 Å². The summed E-state index contributed by atoms with van der Waals surface area (Å²) in [6.07, 6.45) is 0. The van der Waals surface area contributed by atoms with Gasteiger partial charge in [0.2, 0.25) is 11.1 Å². The summed E-state index contributed by atoms with van der Waals surface area (Å²) in [5.74, 6) is -0.795. The minimum absolute atomic E-state index is 0.0263. The molecule has 0 bridgehead atoms. The lowest BCUT2D eigenvalue weighted by atomic mass is 10.0. The third-order valence-electron chi connectivity index (χ3n) is 4.84. The topological polar surface area (TPSA) is 96.9 Å². The molecule has 1 aliphatic rings. The maximum absolute atomic E-state index is 12.1. The highest BCUT2D eigenvalue weighted by molar-refractivity contribution is 7.99. The van der Waals surface area contributed by atoms with E-state index in [1.54, 1.807) is 24.3 Å². The van der Waals surface area contributed by atoms with Gasteiger partial charge in [0.05, 0.1) is 5.75 Å². The van der Waals surface area contributed by atoms with E-state index < -0.39 is 5.91 Å². The van der Waals surface area contributed by atoms with Gasteiger partial charge in [-0.2, -0.15) is 0 Å². The monoisotopic (exact) mass is 447 g/mol. The molecule has 152 valence electrons. The zero-order chi connectivity index (χ0) is 21.4. The third kappa shape index (κ3) is 3.71. The predicted molar refractivity (Wildman–Crippen MR) is 120 cm³/mol. The number of carbonyl (C=O) groups is 2. The fraction of sp³-hybridized carbons (Fsp3) is 0.0455. The van der Waals surface area contributed by atoms with Gasteiger partial charge < -0.3 is 0 Å². The van der Waals surface area contributed by atoms with Crippen LogP contribution in [-0.4, -0.2) is 32.7 Å². The van der Waals surface area contributed by atoms with Crippen LogP contribution in [0, 0.1) is 0 Å². The summed E-state index contributed by atoms with van der Waals surface area (Å²) in [6, 6.07) is 18.5. The van der Waals surface area contributed by atoms with Crippen molar-refractivity contribution in [1.29, 1.82) is 0 Å². The summed E-state index contributed by atoms with van der Waals surface area (Å²) in [6.45, 7) is 0. The van der Waals surface area contributed by atoms with E-state index in [1.807, 2.05) is 24.3 Å². The molecule has 2 N–H and O–H groups in total. The lowest BCUT2D eigenvalue weighted by Gasteiger charge is -2.07. The fourth-order valence-electron chi connectivity index (χ4n) is 3.44. The Hall–Kier alpha value is -3.49. The molecule has 1 aliphatic carbocycles. The number of rotatable bonds is 4. The molecule has 0 aliphatic heterocycles. The maximum Gasteiger partial charge on any atom is 0.269 e. The van der Waals surface area contributed by atoms with Gasteiger partial charge in [-0.15, -0.1) is 10.2 Å². The molecule has 0 fully saturated rings. The minimum atomic E-state index is -0.434. The van der Waals surface area contributed by atoms with Crippen molar-refractivity contribution >= 4 is 45.9 Å². The number of nitrogens with zero attached hydrogens (tertiary/aromatic N) is 3. The number of amides is 2. The van der Waals surface area contributed by atoms with Gasteiger partial charge in [0.1, 0.15) is 11.4 Å². The second-order valence-electron chi connectivity index (χ2n) is 6.80. The summed E-state index contributed by atoms with van der Waals surface area (Å²) < 4.78 is 0. The molecule has 9 heteroatoms. The number of hydrazine groups is 1. The summed E-state index contributed by atoms with van der Waals surface area (Å²) in [4.78, 5) is 28.8. The molecular weight excluding hydrogens is 434 g/mol. The summed E-state index contributed by atoms with van der Waals surface area (Å²) in [5, 5.41) is 11.7. The van der Waals surface area contributed by atoms with E-state index in [-0.39, 0.29) is 11.7 Å². The maximum atomic E-state index is 12.1. The van der Waals surface area contributed by atoms with E-state index in [1.165, 1.54) is 0 Å². The van der Waals surface area contributed by atoms with E-state index >= 15 is 0 Å². The Morgan fingerprint density at radius 1 is 0.871 bits per heavy atom. The standard InChI is InChI=1S/C22H14ClN5O2S/c23-14-9-7-13(8-10-14)21(30)27-25-17(29)11-31-22-24-19-15-5-1-3-12-4-2-6-16(18(12)15)20(19)26-28-22/h1-10H,11H2,(H,25,29)(H,27,30). The lowest BCUT2D eigenvalue weighted by molar-refractivity contribution is -0.119. The lowest BCUT2D eigenvalue weighted by Crippen LogP contribution is -2.42. The SMILES string of the molecule is O=C(CSc1nnc2c(n1)-c1cccc3cccc-2c13)NNC(=O)c1ccc(Cl)cc1. The van der Waals surface area contributed by atoms with E-state index in [0.717, 1.165) is 45.0 Å². The van der Waals surface area contributed by atoms with Crippen molar-refractivity contribution < 1.29 is 9.59 Å². The highest BCUT2D eigenvalue weighted by atomic mass is 35.5. The molecule has 1 heterocycles. The summed E-state index contributed by atoms with van der Waals surface area (Å²) >= 11 is 6.95. The first kappa shape index (κ1) is 19.5. The number of fused-ring (bicyclic) bond motifs is 3. The Bertz CT molecular complexity index is 1340. The van der Waals surface area contributed by atoms with Crippen molar-refractivity contribution in [3.63, 3.8) is 0 Å². The molecular formula is C22H14ClN5O2S. The smallest absolute Gasteiger partial charge is 0.269 e. The fourth-order valence-corrected chi connectivity index (χ4v) is 4.16. The van der Waals surface area contributed by atoms with Crippen LogP contribution in [0.1, 0.15) is 10.4 Å². The molecule has 7 nitrogen and oxygen atoms in total. The first-order valence-corrected chi connectivity index (χ1v) is 10.7. The Balaban J connectivity index is 1.24. The van der Waals surface area contributed by atoms with Gasteiger partial charge in [-0.3, -0.25) is 20.4 Å². The van der Waals surface area contributed by atoms with Crippen LogP contribution in [0.25, 0.3) is 33.3 Å². The number of thioether (sulfide) groups is 1. The summed E-state index contributed by atoms with van der Waals surface area (Å²) in [5.41, 5.74) is 8.68. The number of aromatic nitrogens is 3. The van der Waals surface area contributed by atoms with Gasteiger partial charge >= 0.3 is 0 Å². The average molecular weight is 448 g/mol. The van der Waals surface area contributed by atoms with Crippen LogP contribution < -0.4 is 10.9 Å². The number of hydrogen-bond donors (Lipinski definition) is 2. The summed E-state index contributed by atoms with van der Waals surface area (Å²) in [7, 11) is 0. The highest BCUT2D eigenvalue weighted by Crippen LogP contribution is 2.44. The van der Waals surface area contributed by atoms with Crippen LogP contribution in [0.4, 0.5) is 0 Å². The number of halogens is 1. The number of hydrogen-bond acceptors (Lipinski definition) is 6. The second-order valence-corrected chi connectivity index (χ2v) is 8.18. The first-order chi connectivity index (χ1) is 15.1. The third-order valence-corrected chi connectivity index (χ3v) is 5.93. The quantitative estimate of drug-likeness (QED) is 0.320. The van der Waals surface area contributed by atoms with E-state index in [2.05, 4.69) is 38.2 Å². The molecule has 0 spiro atoms. The Labute approximate surface area is 186 Å². The zero-order valence-electron chi connectivity index (χ0n) is 15.9. The molecule has 0 saturated heterocycles. The van der Waals surface area contributed by atoms with Crippen molar-refractivity contribution in [2.24, 2.45) is 0 Å². The van der Waals surface area contributed by atoms with Crippen molar-refractivity contribution in [1.82, 2.24) is 26.0 Å². The molecule has 0 saturated carbocycles. The van der Waals surface area contributed by atoms with Gasteiger partial charge in [0.15, 0.2) is 0 Å². The zero-order valence-corrected chi connectivity index (χ0v) is 17.5. The largest absolute Gasteiger partial charge is 0.272 e. The molecule has 4 aromatic rings. The normalized spacial score (nSPS) is 11.3. The molecule has 0 atom stereocenters. The minimum Gasteiger partial charge on any atom is -0.272 e. The van der Waals surface area contributed by atoms with Gasteiger partial charge in [0, 0.05) is 27.1 Å². The van der Waals surface area contributed by atoms with E-state index in [9.17, 15) is 9.59 Å². The van der Waals surface area contributed by atoms with Gasteiger partial charge in [-0.05, 0) is 29.7 Å². The molecule has 31 heavy (non-hydrogen) atoms. The number of benzene rings is 3. The predicted octanol–water partition coefficient (Wildman–Crippen LogP) is 3.88. The van der Waals surface area contributed by atoms with E-state index in [4.69, 9.17) is 11.6 Å². The second kappa shape index (κ2) is 7.98. The average Bonchev–Trinajstić information content (AvgIpc) is 3.12. The molecule has 0 radical (unpaired) electrons. The van der Waals surface area contributed by atoms with Crippen molar-refractivity contribution in [2.45, 2.75) is 5.16 Å². The van der Waals surface area contributed by atoms with E-state index in [0.29, 0.717) is 15.7 Å². The van der Waals surface area contributed by atoms with Crippen molar-refractivity contribution in [3.05, 3.63) is 71.2 Å². The van der Waals surface area contributed by atoms with Crippen LogP contribution in [-0.2, 0) is 4.79 Å². The Morgan fingerprint density at radius 3 is 2.32 bits per heavy atom. The Kier molecular flexibility index (Phi) is 5.01. The van der Waals surface area contributed by atoms with Crippen molar-refractivity contribution in [3.8, 4) is 22.5 Å². The first-order valence-electron chi connectivity index (χ1n) is 9.35. The van der Waals surface area contributed by atoms with Crippen LogP contribution in [0.2, 0.25) is 5.02 Å². The van der Waals surface area contributed by atoms with Gasteiger partial charge in [0.25, 0.3) is 5.91 Å². The van der Waals surface area contributed by atoms with Crippen LogP contribution in [0.3, 0.4) is 0 Å². The molecule has 5 rings (SSSR count). The molecule has 2 amide bonds. The van der Waals surface area contributed by atoms with Crippen LogP contribution in [0.5, 0.6) is 0 Å². The van der Waals surface area contributed by atoms with Gasteiger partial charge in [-0.1, -0.05) is 59.8 Å². The van der Waals surface area contributed by atoms with Crippen LogP contribution in [0.15, 0.2) is 65.8 Å². The number of carbonyl (C=O) groups excluding carboxylic acids is 2. The molecule has 3 aromatic carbocycles.